The second-order valence-corrected chi connectivity index (χ2v) is 4.28. The molecule has 0 atom stereocenters. The molecule has 0 saturated carbocycles. The molecule has 4 nitrogen and oxygen atoms in total. The molecule has 19 heavy (non-hydrogen) atoms. The Morgan fingerprint density at radius 1 is 1.16 bits per heavy atom. The first-order valence-electron chi connectivity index (χ1n) is 5.97. The Labute approximate surface area is 112 Å². The van der Waals surface area contributed by atoms with Crippen molar-refractivity contribution >= 4 is 17.3 Å². The van der Waals surface area contributed by atoms with E-state index in [1.807, 2.05) is 43.3 Å². The Bertz CT molecular complexity index is 584. The van der Waals surface area contributed by atoms with Crippen molar-refractivity contribution in [1.82, 2.24) is 0 Å². The third-order valence-corrected chi connectivity index (χ3v) is 2.73. The van der Waals surface area contributed by atoms with Gasteiger partial charge in [0.25, 0.3) is 0 Å². The van der Waals surface area contributed by atoms with Gasteiger partial charge in [-0.2, -0.15) is 0 Å². The fraction of sp³-hybridized carbons (Fsp3) is 0.133. The highest BCUT2D eigenvalue weighted by atomic mass is 16.5. The number of carbonyl (C=O) groups excluding carboxylic acids is 1. The lowest BCUT2D eigenvalue weighted by Crippen LogP contribution is -2.07. The maximum atomic E-state index is 10.7. The third kappa shape index (κ3) is 3.25. The maximum Gasteiger partial charge on any atom is 0.221 e. The summed E-state index contributed by atoms with van der Waals surface area (Å²) in [7, 11) is 0. The minimum absolute atomic E-state index is 0.0799. The molecular weight excluding hydrogens is 240 g/mol. The van der Waals surface area contributed by atoms with E-state index >= 15 is 0 Å². The van der Waals surface area contributed by atoms with E-state index in [9.17, 15) is 4.79 Å². The summed E-state index contributed by atoms with van der Waals surface area (Å²) in [6, 6.07) is 13.3. The number of fused-ring (bicyclic) bond motifs is 2. The van der Waals surface area contributed by atoms with Crippen LogP contribution in [0.3, 0.4) is 0 Å². The zero-order chi connectivity index (χ0) is 13.8. The number of nitrogen functional groups attached to an aromatic ring is 1. The lowest BCUT2D eigenvalue weighted by atomic mass is 10.1. The minimum Gasteiger partial charge on any atom is -0.457 e. The van der Waals surface area contributed by atoms with E-state index in [1.165, 1.54) is 6.92 Å². The molecule has 2 aromatic rings. The van der Waals surface area contributed by atoms with Crippen LogP contribution >= 0.6 is 0 Å². The van der Waals surface area contributed by atoms with Crippen LogP contribution in [0.4, 0.5) is 11.4 Å². The van der Waals surface area contributed by atoms with Gasteiger partial charge >= 0.3 is 0 Å². The number of anilines is 2. The van der Waals surface area contributed by atoms with Crippen molar-refractivity contribution < 1.29 is 9.53 Å². The van der Waals surface area contributed by atoms with Gasteiger partial charge in [-0.05, 0) is 36.8 Å². The topological polar surface area (TPSA) is 64.4 Å². The second-order valence-electron chi connectivity index (χ2n) is 4.28. The molecule has 0 radical (unpaired) electrons. The number of rotatable bonds is 1. The van der Waals surface area contributed by atoms with Gasteiger partial charge in [0.15, 0.2) is 0 Å². The molecule has 1 amide bonds. The predicted molar refractivity (Wildman–Crippen MR) is 76.4 cm³/mol. The molecule has 4 rings (SSSR count). The highest BCUT2D eigenvalue weighted by Gasteiger charge is 2.05. The molecule has 2 heterocycles. The summed E-state index contributed by atoms with van der Waals surface area (Å²) < 4.78 is 5.01. The number of amides is 1. The number of benzene rings is 2. The van der Waals surface area contributed by atoms with E-state index in [1.54, 1.807) is 6.07 Å². The van der Waals surface area contributed by atoms with Crippen LogP contribution in [0.25, 0.3) is 0 Å². The smallest absolute Gasteiger partial charge is 0.221 e. The first-order chi connectivity index (χ1) is 9.06. The predicted octanol–water partition coefficient (Wildman–Crippen LogP) is 3.33. The maximum absolute atomic E-state index is 10.7. The molecule has 0 unspecified atom stereocenters. The Morgan fingerprint density at radius 2 is 1.74 bits per heavy atom. The van der Waals surface area contributed by atoms with Crippen molar-refractivity contribution in [3.05, 3.63) is 48.0 Å². The monoisotopic (exact) mass is 256 g/mol. The molecule has 0 fully saturated rings. The number of hydrogen-bond acceptors (Lipinski definition) is 3. The molecule has 0 aliphatic carbocycles. The standard InChI is InChI=1S/C9H12N2O.C6H4O/c1-6-8(10)4-3-5-9(6)11-7(2)12;1-2-5-4-6(3-1)7-5/h3-5H,10H2,1-2H3,(H,11,12);1-4H. The number of carbonyl (C=O) groups is 1. The number of nitrogens with one attached hydrogen (secondary N) is 1. The zero-order valence-electron chi connectivity index (χ0n) is 10.9. The molecule has 0 saturated heterocycles. The summed E-state index contributed by atoms with van der Waals surface area (Å²) in [5.41, 5.74) is 8.03. The molecule has 2 aliphatic rings. The Balaban J connectivity index is 0.000000159. The van der Waals surface area contributed by atoms with Gasteiger partial charge in [-0.15, -0.1) is 0 Å². The van der Waals surface area contributed by atoms with Crippen LogP contribution < -0.4 is 15.8 Å². The van der Waals surface area contributed by atoms with E-state index in [2.05, 4.69) is 5.32 Å². The van der Waals surface area contributed by atoms with Gasteiger partial charge in [-0.3, -0.25) is 4.79 Å². The van der Waals surface area contributed by atoms with Crippen LogP contribution in [-0.4, -0.2) is 5.91 Å². The molecule has 98 valence electrons. The van der Waals surface area contributed by atoms with Crippen LogP contribution in [0.15, 0.2) is 42.5 Å². The third-order valence-electron chi connectivity index (χ3n) is 2.73. The lowest BCUT2D eigenvalue weighted by Gasteiger charge is -2.13. The van der Waals surface area contributed by atoms with Gasteiger partial charge in [0.1, 0.15) is 11.5 Å². The molecule has 2 aromatic carbocycles. The van der Waals surface area contributed by atoms with Crippen LogP contribution in [0.1, 0.15) is 12.5 Å². The molecule has 2 aliphatic heterocycles. The highest BCUT2D eigenvalue weighted by molar-refractivity contribution is 5.90. The first-order valence-corrected chi connectivity index (χ1v) is 5.97. The number of nitrogens with two attached hydrogens (primary N) is 1. The minimum atomic E-state index is -0.0799. The Kier molecular flexibility index (Phi) is 3.71. The van der Waals surface area contributed by atoms with Crippen molar-refractivity contribution in [2.24, 2.45) is 0 Å². The SMILES string of the molecule is CC(=O)Nc1cccc(N)c1C.c1cc2cc(c1)O2. The fourth-order valence-electron chi connectivity index (χ4n) is 1.66. The summed E-state index contributed by atoms with van der Waals surface area (Å²) in [5.74, 6) is 1.89. The zero-order valence-corrected chi connectivity index (χ0v) is 10.9. The van der Waals surface area contributed by atoms with Crippen LogP contribution in [0, 0.1) is 6.92 Å². The van der Waals surface area contributed by atoms with Gasteiger partial charge < -0.3 is 15.8 Å². The molecule has 4 heteroatoms. The van der Waals surface area contributed by atoms with E-state index in [4.69, 9.17) is 10.5 Å². The summed E-state index contributed by atoms with van der Waals surface area (Å²) in [6.07, 6.45) is 0. The Hall–Kier alpha value is -2.49. The summed E-state index contributed by atoms with van der Waals surface area (Å²) in [5, 5.41) is 2.69. The van der Waals surface area contributed by atoms with E-state index in [-0.39, 0.29) is 5.91 Å². The number of ether oxygens (including phenoxy) is 1. The second kappa shape index (κ2) is 5.44. The molecular formula is C15H16N2O2. The molecule has 2 bridgehead atoms. The summed E-state index contributed by atoms with van der Waals surface area (Å²) in [6.45, 7) is 3.35. The fourth-order valence-corrected chi connectivity index (χ4v) is 1.66. The average Bonchev–Trinajstić information content (AvgIpc) is 2.35. The Morgan fingerprint density at radius 3 is 2.16 bits per heavy atom. The van der Waals surface area contributed by atoms with Crippen LogP contribution in [0.5, 0.6) is 11.5 Å². The van der Waals surface area contributed by atoms with Crippen molar-refractivity contribution in [3.8, 4) is 11.5 Å². The normalized spacial score (nSPS) is 10.4. The quantitative estimate of drug-likeness (QED) is 0.656. The molecule has 0 aromatic heterocycles. The first kappa shape index (κ1) is 13.0. The van der Waals surface area contributed by atoms with Gasteiger partial charge in [-0.25, -0.2) is 0 Å². The number of hydrogen-bond donors (Lipinski definition) is 2. The van der Waals surface area contributed by atoms with Crippen molar-refractivity contribution in [2.75, 3.05) is 11.1 Å². The van der Waals surface area contributed by atoms with Gasteiger partial charge in [-0.1, -0.05) is 12.1 Å². The van der Waals surface area contributed by atoms with Gasteiger partial charge in [0, 0.05) is 24.4 Å². The van der Waals surface area contributed by atoms with Crippen LogP contribution in [-0.2, 0) is 4.79 Å². The lowest BCUT2D eigenvalue weighted by molar-refractivity contribution is -0.114. The summed E-state index contributed by atoms with van der Waals surface area (Å²) >= 11 is 0. The molecule has 3 N–H and O–H groups in total. The van der Waals surface area contributed by atoms with Gasteiger partial charge in [0.2, 0.25) is 5.91 Å². The van der Waals surface area contributed by atoms with E-state index in [0.29, 0.717) is 5.69 Å². The summed E-state index contributed by atoms with van der Waals surface area (Å²) in [4.78, 5) is 10.7. The van der Waals surface area contributed by atoms with Crippen LogP contribution in [0.2, 0.25) is 0 Å². The highest BCUT2D eigenvalue weighted by Crippen LogP contribution is 2.32. The van der Waals surface area contributed by atoms with Crippen molar-refractivity contribution in [1.29, 1.82) is 0 Å². The van der Waals surface area contributed by atoms with E-state index in [0.717, 1.165) is 22.7 Å². The van der Waals surface area contributed by atoms with Crippen molar-refractivity contribution in [3.63, 3.8) is 0 Å². The van der Waals surface area contributed by atoms with Gasteiger partial charge in [0.05, 0.1) is 0 Å². The molecule has 0 spiro atoms. The van der Waals surface area contributed by atoms with Crippen molar-refractivity contribution in [2.45, 2.75) is 13.8 Å². The average molecular weight is 256 g/mol. The van der Waals surface area contributed by atoms with E-state index < -0.39 is 0 Å². The largest absolute Gasteiger partial charge is 0.457 e.